The topological polar surface area (TPSA) is 24.9 Å². The summed E-state index contributed by atoms with van der Waals surface area (Å²) in [5.74, 6) is -0.201. The minimum Gasteiger partial charge on any atom is -0.379 e. The van der Waals surface area contributed by atoms with Crippen LogP contribution >= 0.6 is 11.3 Å². The number of anilines is 1. The van der Waals surface area contributed by atoms with Crippen LogP contribution in [0, 0.1) is 19.7 Å². The van der Waals surface area contributed by atoms with Crippen molar-refractivity contribution in [2.45, 2.75) is 20.4 Å². The predicted molar refractivity (Wildman–Crippen MR) is 65.3 cm³/mol. The Kier molecular flexibility index (Phi) is 3.19. The van der Waals surface area contributed by atoms with Crippen LogP contribution in [0.1, 0.15) is 16.3 Å². The van der Waals surface area contributed by atoms with Gasteiger partial charge in [0.25, 0.3) is 0 Å². The summed E-state index contributed by atoms with van der Waals surface area (Å²) in [6.45, 7) is 4.55. The highest BCUT2D eigenvalue weighted by atomic mass is 32.1. The summed E-state index contributed by atoms with van der Waals surface area (Å²) in [5, 5.41) is 6.34. The lowest BCUT2D eigenvalue weighted by atomic mass is 10.2. The van der Waals surface area contributed by atoms with E-state index >= 15 is 0 Å². The lowest BCUT2D eigenvalue weighted by Gasteiger charge is -2.07. The number of aryl methyl sites for hydroxylation is 2. The number of rotatable bonds is 3. The summed E-state index contributed by atoms with van der Waals surface area (Å²) in [6.07, 6.45) is 0. The molecule has 2 rings (SSSR count). The number of nitrogens with one attached hydrogen (secondary N) is 1. The maximum atomic E-state index is 12.9. The standard InChI is InChI=1S/C12H13FN2S/c1-8-5-10(13)3-4-12(8)14-6-11-7-16-9(2)15-11/h3-5,7,14H,6H2,1-2H3. The van der Waals surface area contributed by atoms with E-state index in [9.17, 15) is 4.39 Å². The van der Waals surface area contributed by atoms with E-state index < -0.39 is 0 Å². The van der Waals surface area contributed by atoms with Gasteiger partial charge >= 0.3 is 0 Å². The molecule has 4 heteroatoms. The van der Waals surface area contributed by atoms with Crippen molar-refractivity contribution in [3.63, 3.8) is 0 Å². The van der Waals surface area contributed by atoms with E-state index in [0.717, 1.165) is 22.0 Å². The highest BCUT2D eigenvalue weighted by Crippen LogP contribution is 2.17. The quantitative estimate of drug-likeness (QED) is 0.882. The summed E-state index contributed by atoms with van der Waals surface area (Å²) >= 11 is 1.64. The van der Waals surface area contributed by atoms with E-state index in [0.29, 0.717) is 6.54 Å². The van der Waals surface area contributed by atoms with E-state index in [4.69, 9.17) is 0 Å². The van der Waals surface area contributed by atoms with Crippen molar-refractivity contribution in [1.29, 1.82) is 0 Å². The van der Waals surface area contributed by atoms with Crippen molar-refractivity contribution >= 4 is 17.0 Å². The number of nitrogens with zero attached hydrogens (tertiary/aromatic N) is 1. The lowest BCUT2D eigenvalue weighted by Crippen LogP contribution is -2.01. The van der Waals surface area contributed by atoms with Gasteiger partial charge in [0.05, 0.1) is 17.2 Å². The molecule has 0 saturated carbocycles. The molecule has 0 fully saturated rings. The Morgan fingerprint density at radius 3 is 2.81 bits per heavy atom. The third-order valence-corrected chi connectivity index (χ3v) is 3.14. The third kappa shape index (κ3) is 2.58. The van der Waals surface area contributed by atoms with Crippen LogP contribution in [0.2, 0.25) is 0 Å². The number of hydrogen-bond acceptors (Lipinski definition) is 3. The Hall–Kier alpha value is -1.42. The van der Waals surface area contributed by atoms with Crippen LogP contribution in [-0.2, 0) is 6.54 Å². The average molecular weight is 236 g/mol. The first-order valence-electron chi connectivity index (χ1n) is 5.06. The maximum absolute atomic E-state index is 12.9. The zero-order chi connectivity index (χ0) is 11.5. The Bertz CT molecular complexity index is 494. The van der Waals surface area contributed by atoms with Crippen LogP contribution in [0.15, 0.2) is 23.6 Å². The fourth-order valence-corrected chi connectivity index (χ4v) is 2.11. The molecule has 0 spiro atoms. The number of aromatic nitrogens is 1. The molecule has 2 aromatic rings. The summed E-state index contributed by atoms with van der Waals surface area (Å²) in [4.78, 5) is 4.35. The van der Waals surface area contributed by atoms with Crippen LogP contribution < -0.4 is 5.32 Å². The zero-order valence-corrected chi connectivity index (χ0v) is 10.1. The highest BCUT2D eigenvalue weighted by molar-refractivity contribution is 7.09. The molecule has 2 nitrogen and oxygen atoms in total. The largest absolute Gasteiger partial charge is 0.379 e. The summed E-state index contributed by atoms with van der Waals surface area (Å²) in [5.41, 5.74) is 2.88. The first-order chi connectivity index (χ1) is 7.65. The van der Waals surface area contributed by atoms with Gasteiger partial charge in [-0.15, -0.1) is 11.3 Å². The monoisotopic (exact) mass is 236 g/mol. The fraction of sp³-hybridized carbons (Fsp3) is 0.250. The molecular weight excluding hydrogens is 223 g/mol. The van der Waals surface area contributed by atoms with E-state index in [1.54, 1.807) is 17.4 Å². The smallest absolute Gasteiger partial charge is 0.123 e. The second-order valence-electron chi connectivity index (χ2n) is 3.67. The van der Waals surface area contributed by atoms with Crippen LogP contribution in [0.5, 0.6) is 0 Å². The van der Waals surface area contributed by atoms with Crippen LogP contribution in [0.25, 0.3) is 0 Å². The van der Waals surface area contributed by atoms with Gasteiger partial charge in [-0.3, -0.25) is 0 Å². The molecule has 0 unspecified atom stereocenters. The number of thiazole rings is 1. The second-order valence-corrected chi connectivity index (χ2v) is 4.73. The van der Waals surface area contributed by atoms with Crippen molar-refractivity contribution in [1.82, 2.24) is 4.98 Å². The van der Waals surface area contributed by atoms with E-state index in [2.05, 4.69) is 10.3 Å². The normalized spacial score (nSPS) is 10.4. The summed E-state index contributed by atoms with van der Waals surface area (Å²) in [7, 11) is 0. The molecular formula is C12H13FN2S. The van der Waals surface area contributed by atoms with Gasteiger partial charge in [-0.05, 0) is 37.6 Å². The van der Waals surface area contributed by atoms with Gasteiger partial charge in [-0.2, -0.15) is 0 Å². The second kappa shape index (κ2) is 4.61. The van der Waals surface area contributed by atoms with E-state index in [1.165, 1.54) is 12.1 Å². The minimum absolute atomic E-state index is 0.201. The first-order valence-corrected chi connectivity index (χ1v) is 5.94. The molecule has 0 atom stereocenters. The van der Waals surface area contributed by atoms with Gasteiger partial charge in [0, 0.05) is 11.1 Å². The Balaban J connectivity index is 2.04. The molecule has 0 aliphatic carbocycles. The van der Waals surface area contributed by atoms with Crippen molar-refractivity contribution < 1.29 is 4.39 Å². The first kappa shape index (κ1) is 11.1. The molecule has 84 valence electrons. The van der Waals surface area contributed by atoms with E-state index in [-0.39, 0.29) is 5.82 Å². The zero-order valence-electron chi connectivity index (χ0n) is 9.25. The van der Waals surface area contributed by atoms with Gasteiger partial charge in [0.15, 0.2) is 0 Å². The lowest BCUT2D eigenvalue weighted by molar-refractivity contribution is 0.627. The summed E-state index contributed by atoms with van der Waals surface area (Å²) in [6, 6.07) is 4.74. The van der Waals surface area contributed by atoms with Gasteiger partial charge in [-0.1, -0.05) is 0 Å². The Morgan fingerprint density at radius 1 is 1.38 bits per heavy atom. The number of benzene rings is 1. The van der Waals surface area contributed by atoms with Gasteiger partial charge in [0.1, 0.15) is 5.82 Å². The molecule has 1 heterocycles. The minimum atomic E-state index is -0.201. The maximum Gasteiger partial charge on any atom is 0.123 e. The van der Waals surface area contributed by atoms with E-state index in [1.807, 2.05) is 19.2 Å². The Morgan fingerprint density at radius 2 is 2.19 bits per heavy atom. The van der Waals surface area contributed by atoms with Crippen LogP contribution in [0.3, 0.4) is 0 Å². The molecule has 1 N–H and O–H groups in total. The molecule has 16 heavy (non-hydrogen) atoms. The molecule has 1 aromatic heterocycles. The molecule has 0 bridgehead atoms. The average Bonchev–Trinajstić information content (AvgIpc) is 2.63. The molecule has 1 aromatic carbocycles. The molecule has 0 radical (unpaired) electrons. The molecule has 0 saturated heterocycles. The molecule has 0 aliphatic heterocycles. The molecule has 0 aliphatic rings. The van der Waals surface area contributed by atoms with Gasteiger partial charge in [-0.25, -0.2) is 9.37 Å². The highest BCUT2D eigenvalue weighted by Gasteiger charge is 2.01. The molecule has 0 amide bonds. The van der Waals surface area contributed by atoms with Gasteiger partial charge in [0.2, 0.25) is 0 Å². The van der Waals surface area contributed by atoms with Crippen molar-refractivity contribution in [3.8, 4) is 0 Å². The van der Waals surface area contributed by atoms with Gasteiger partial charge < -0.3 is 5.32 Å². The van der Waals surface area contributed by atoms with Crippen LogP contribution in [-0.4, -0.2) is 4.98 Å². The third-order valence-electron chi connectivity index (χ3n) is 2.31. The number of halogens is 1. The van der Waals surface area contributed by atoms with Crippen molar-refractivity contribution in [2.24, 2.45) is 0 Å². The Labute approximate surface area is 98.2 Å². The summed E-state index contributed by atoms with van der Waals surface area (Å²) < 4.78 is 12.9. The predicted octanol–water partition coefficient (Wildman–Crippen LogP) is 3.51. The van der Waals surface area contributed by atoms with Crippen molar-refractivity contribution in [2.75, 3.05) is 5.32 Å². The number of hydrogen-bond donors (Lipinski definition) is 1. The fourth-order valence-electron chi connectivity index (χ4n) is 1.50. The van der Waals surface area contributed by atoms with Crippen molar-refractivity contribution in [3.05, 3.63) is 45.7 Å². The SMILES string of the molecule is Cc1nc(CNc2ccc(F)cc2C)cs1. The van der Waals surface area contributed by atoms with Crippen LogP contribution in [0.4, 0.5) is 10.1 Å².